The normalized spacial score (nSPS) is 10.6. The summed E-state index contributed by atoms with van der Waals surface area (Å²) >= 11 is 0. The molecule has 2 rings (SSSR count). The predicted octanol–water partition coefficient (Wildman–Crippen LogP) is 3.82. The highest BCUT2D eigenvalue weighted by Gasteiger charge is 2.21. The first-order valence-electron chi connectivity index (χ1n) is 8.81. The minimum Gasteiger partial charge on any atom is -0.472 e. The van der Waals surface area contributed by atoms with Crippen molar-refractivity contribution >= 4 is 18.0 Å². The molecule has 0 heterocycles. The van der Waals surface area contributed by atoms with Gasteiger partial charge in [-0.1, -0.05) is 30.3 Å². The quantitative estimate of drug-likeness (QED) is 0.427. The van der Waals surface area contributed by atoms with E-state index in [9.17, 15) is 14.4 Å². The molecule has 0 aromatic heterocycles. The third-order valence-corrected chi connectivity index (χ3v) is 3.43. The summed E-state index contributed by atoms with van der Waals surface area (Å²) in [7, 11) is 1.50. The highest BCUT2D eigenvalue weighted by molar-refractivity contribution is 5.94. The van der Waals surface area contributed by atoms with Crippen molar-refractivity contribution in [2.24, 2.45) is 0 Å². The van der Waals surface area contributed by atoms with E-state index in [4.69, 9.17) is 9.47 Å². The molecule has 0 spiro atoms. The molecule has 0 aliphatic heterocycles. The summed E-state index contributed by atoms with van der Waals surface area (Å²) in [4.78, 5) is 46.6. The van der Waals surface area contributed by atoms with Gasteiger partial charge in [-0.25, -0.2) is 24.2 Å². The summed E-state index contributed by atoms with van der Waals surface area (Å²) < 4.78 is 10.8. The van der Waals surface area contributed by atoms with Crippen molar-refractivity contribution in [2.75, 3.05) is 13.8 Å². The first-order valence-corrected chi connectivity index (χ1v) is 8.81. The van der Waals surface area contributed by atoms with Crippen molar-refractivity contribution < 1.29 is 33.6 Å². The Hall–Kier alpha value is -3.55. The van der Waals surface area contributed by atoms with E-state index in [0.29, 0.717) is 0 Å². The van der Waals surface area contributed by atoms with Crippen molar-refractivity contribution in [1.82, 2.24) is 4.90 Å². The number of hydrogen-bond donors (Lipinski definition) is 0. The lowest BCUT2D eigenvalue weighted by atomic mass is 10.2. The van der Waals surface area contributed by atoms with Crippen molar-refractivity contribution in [3.8, 4) is 5.75 Å². The zero-order chi connectivity index (χ0) is 21.4. The minimum atomic E-state index is -0.912. The number of benzene rings is 2. The molecule has 0 fully saturated rings. The van der Waals surface area contributed by atoms with Crippen LogP contribution in [0.5, 0.6) is 5.75 Å². The van der Waals surface area contributed by atoms with Crippen molar-refractivity contribution in [1.29, 1.82) is 0 Å². The van der Waals surface area contributed by atoms with Crippen molar-refractivity contribution in [3.63, 3.8) is 0 Å². The fourth-order valence-electron chi connectivity index (χ4n) is 2.06. The summed E-state index contributed by atoms with van der Waals surface area (Å²) in [5, 5.41) is 0. The summed E-state index contributed by atoms with van der Waals surface area (Å²) in [5.74, 6) is -1.56. The number of rotatable bonds is 5. The summed E-state index contributed by atoms with van der Waals surface area (Å²) in [6.45, 7) is 5.09. The van der Waals surface area contributed by atoms with Crippen molar-refractivity contribution in [3.05, 3.63) is 65.7 Å². The molecule has 8 heteroatoms. The zero-order valence-corrected chi connectivity index (χ0v) is 16.7. The van der Waals surface area contributed by atoms with Gasteiger partial charge in [-0.2, -0.15) is 0 Å². The van der Waals surface area contributed by atoms with Crippen LogP contribution in [0.3, 0.4) is 0 Å². The van der Waals surface area contributed by atoms with Crippen LogP contribution < -0.4 is 4.74 Å². The maximum atomic E-state index is 12.3. The summed E-state index contributed by atoms with van der Waals surface area (Å²) in [6.07, 6.45) is -0.575. The van der Waals surface area contributed by atoms with Gasteiger partial charge in [0.25, 0.3) is 0 Å². The Morgan fingerprint density at radius 2 is 1.45 bits per heavy atom. The minimum absolute atomic E-state index is 0.0333. The molecule has 8 nitrogen and oxygen atoms in total. The molecule has 0 atom stereocenters. The van der Waals surface area contributed by atoms with Crippen molar-refractivity contribution in [2.45, 2.75) is 26.4 Å². The molecule has 0 aliphatic rings. The average Bonchev–Trinajstić information content (AvgIpc) is 2.69. The fraction of sp³-hybridized carbons (Fsp3) is 0.286. The molecule has 0 unspecified atom stereocenters. The Labute approximate surface area is 168 Å². The average molecular weight is 401 g/mol. The SMILES string of the molecule is CN(COc1ccccc1C(=O)OOC(=O)c1ccccc1)C(=O)OC(C)(C)C. The van der Waals surface area contributed by atoms with E-state index in [-0.39, 0.29) is 23.6 Å². The van der Waals surface area contributed by atoms with E-state index in [0.717, 1.165) is 0 Å². The van der Waals surface area contributed by atoms with Crippen LogP contribution in [-0.2, 0) is 14.5 Å². The largest absolute Gasteiger partial charge is 0.472 e. The third-order valence-electron chi connectivity index (χ3n) is 3.43. The van der Waals surface area contributed by atoms with Crippen LogP contribution in [0.1, 0.15) is 41.5 Å². The maximum Gasteiger partial charge on any atom is 0.412 e. The molecule has 0 aliphatic carbocycles. The predicted molar refractivity (Wildman–Crippen MR) is 103 cm³/mol. The van der Waals surface area contributed by atoms with Gasteiger partial charge < -0.3 is 9.47 Å². The zero-order valence-electron chi connectivity index (χ0n) is 16.7. The number of carbonyl (C=O) groups excluding carboxylic acids is 3. The summed E-state index contributed by atoms with van der Waals surface area (Å²) in [6, 6.07) is 14.3. The smallest absolute Gasteiger partial charge is 0.412 e. The number of para-hydroxylation sites is 1. The van der Waals surface area contributed by atoms with Gasteiger partial charge in [0.2, 0.25) is 0 Å². The van der Waals surface area contributed by atoms with E-state index < -0.39 is 23.6 Å². The second-order valence-corrected chi connectivity index (χ2v) is 7.06. The molecular formula is C21H23NO7. The Morgan fingerprint density at radius 3 is 2.10 bits per heavy atom. The highest BCUT2D eigenvalue weighted by Crippen LogP contribution is 2.20. The highest BCUT2D eigenvalue weighted by atomic mass is 17.2. The molecule has 2 aromatic carbocycles. The molecule has 1 amide bonds. The van der Waals surface area contributed by atoms with Crippen LogP contribution in [-0.4, -0.2) is 42.3 Å². The van der Waals surface area contributed by atoms with Crippen LogP contribution in [0.2, 0.25) is 0 Å². The van der Waals surface area contributed by atoms with E-state index in [2.05, 4.69) is 9.78 Å². The molecule has 29 heavy (non-hydrogen) atoms. The van der Waals surface area contributed by atoms with Gasteiger partial charge in [0.05, 0.1) is 5.56 Å². The van der Waals surface area contributed by atoms with E-state index in [1.165, 1.54) is 36.2 Å². The number of ether oxygens (including phenoxy) is 2. The number of carbonyl (C=O) groups is 3. The number of hydrogen-bond acceptors (Lipinski definition) is 7. The second-order valence-electron chi connectivity index (χ2n) is 7.06. The van der Waals surface area contributed by atoms with Gasteiger partial charge in [0, 0.05) is 7.05 Å². The van der Waals surface area contributed by atoms with Crippen LogP contribution in [0.4, 0.5) is 4.79 Å². The van der Waals surface area contributed by atoms with Crippen LogP contribution in [0, 0.1) is 0 Å². The Balaban J connectivity index is 1.96. The number of nitrogens with zero attached hydrogens (tertiary/aromatic N) is 1. The van der Waals surface area contributed by atoms with Crippen LogP contribution in [0.25, 0.3) is 0 Å². The second kappa shape index (κ2) is 9.59. The molecule has 0 saturated heterocycles. The molecule has 0 radical (unpaired) electrons. The third kappa shape index (κ3) is 6.84. The van der Waals surface area contributed by atoms with E-state index >= 15 is 0 Å². The lowest BCUT2D eigenvalue weighted by Gasteiger charge is -2.24. The van der Waals surface area contributed by atoms with Gasteiger partial charge >= 0.3 is 18.0 Å². The molecule has 0 saturated carbocycles. The van der Waals surface area contributed by atoms with Gasteiger partial charge in [0.15, 0.2) is 6.73 Å². The number of amides is 1. The topological polar surface area (TPSA) is 91.4 Å². The van der Waals surface area contributed by atoms with Gasteiger partial charge in [-0.05, 0) is 45.0 Å². The maximum absolute atomic E-state index is 12.3. The fourth-order valence-corrected chi connectivity index (χ4v) is 2.06. The molecular weight excluding hydrogens is 378 g/mol. The van der Waals surface area contributed by atoms with Crippen LogP contribution >= 0.6 is 0 Å². The standard InChI is InChI=1S/C21H23NO7/c1-21(2,3)27-20(25)22(4)14-26-17-13-9-8-12-16(17)19(24)29-28-18(23)15-10-6-5-7-11-15/h5-13H,14H2,1-4H3. The Bertz CT molecular complexity index is 859. The lowest BCUT2D eigenvalue weighted by Crippen LogP contribution is -2.36. The first kappa shape index (κ1) is 21.7. The lowest BCUT2D eigenvalue weighted by molar-refractivity contribution is -0.187. The first-order chi connectivity index (χ1) is 13.7. The molecule has 2 aromatic rings. The Kier molecular flexibility index (Phi) is 7.19. The molecule has 154 valence electrons. The molecule has 0 N–H and O–H groups in total. The Morgan fingerprint density at radius 1 is 0.862 bits per heavy atom. The van der Waals surface area contributed by atoms with E-state index in [1.807, 2.05) is 0 Å². The van der Waals surface area contributed by atoms with E-state index in [1.54, 1.807) is 51.1 Å². The van der Waals surface area contributed by atoms with Crippen LogP contribution in [0.15, 0.2) is 54.6 Å². The van der Waals surface area contributed by atoms with Gasteiger partial charge in [0.1, 0.15) is 16.9 Å². The van der Waals surface area contributed by atoms with Gasteiger partial charge in [-0.15, -0.1) is 0 Å². The summed E-state index contributed by atoms with van der Waals surface area (Å²) in [5.41, 5.74) is -0.370. The monoisotopic (exact) mass is 401 g/mol. The van der Waals surface area contributed by atoms with Gasteiger partial charge in [-0.3, -0.25) is 4.90 Å². The molecule has 0 bridgehead atoms.